The third kappa shape index (κ3) is 17.3. The van der Waals surface area contributed by atoms with Crippen LogP contribution in [0.15, 0.2) is 0 Å². The predicted molar refractivity (Wildman–Crippen MR) is 122 cm³/mol. The van der Waals surface area contributed by atoms with Gasteiger partial charge in [0, 0.05) is 12.4 Å². The van der Waals surface area contributed by atoms with Crippen LogP contribution >= 0.6 is 0 Å². The summed E-state index contributed by atoms with van der Waals surface area (Å²) in [5.41, 5.74) is 0. The molecule has 0 aromatic carbocycles. The van der Waals surface area contributed by atoms with E-state index in [1.54, 1.807) is 0 Å². The van der Waals surface area contributed by atoms with Gasteiger partial charge in [0.05, 0.1) is 5.97 Å². The van der Waals surface area contributed by atoms with Crippen LogP contribution in [0, 0.1) is 5.92 Å². The summed E-state index contributed by atoms with van der Waals surface area (Å²) in [6.45, 7) is 4.54. The number of rotatable bonds is 22. The van der Waals surface area contributed by atoms with Crippen LogP contribution in [-0.4, -0.2) is 29.7 Å². The molecule has 10 heteroatoms. The zero-order chi connectivity index (χ0) is 24.5. The van der Waals surface area contributed by atoms with Crippen molar-refractivity contribution in [1.29, 1.82) is 0 Å². The van der Waals surface area contributed by atoms with Crippen molar-refractivity contribution in [2.24, 2.45) is 5.92 Å². The number of carboxylic acids is 2. The first-order valence-corrected chi connectivity index (χ1v) is 13.9. The summed E-state index contributed by atoms with van der Waals surface area (Å²) in [4.78, 5) is 22.1. The van der Waals surface area contributed by atoms with Crippen molar-refractivity contribution in [2.75, 3.05) is 0 Å². The van der Waals surface area contributed by atoms with Crippen LogP contribution in [0.1, 0.15) is 129 Å². The van der Waals surface area contributed by atoms with Crippen LogP contribution < -0.4 is 69.3 Å². The van der Waals surface area contributed by atoms with Gasteiger partial charge < -0.3 is 19.8 Å². The molecule has 0 saturated heterocycles. The topological polar surface area (TPSA) is 135 Å². The van der Waals surface area contributed by atoms with Gasteiger partial charge in [-0.05, 0) is 12.3 Å². The van der Waals surface area contributed by atoms with Crippen molar-refractivity contribution in [3.8, 4) is 0 Å². The second kappa shape index (κ2) is 23.0. The molecule has 0 aliphatic carbocycles. The van der Waals surface area contributed by atoms with E-state index >= 15 is 0 Å². The Balaban J connectivity index is -0.00000480. The number of carbonyl (C=O) groups is 2. The Bertz CT molecular complexity index is 629. The second-order valence-electron chi connectivity index (χ2n) is 9.15. The molecule has 0 spiro atoms. The maximum atomic E-state index is 11.5. The first kappa shape index (κ1) is 39.4. The number of aliphatic carboxylic acids is 2. The molecule has 0 radical (unpaired) electrons. The van der Waals surface area contributed by atoms with Crippen molar-refractivity contribution in [1.82, 2.24) is 0 Å². The Morgan fingerprint density at radius 2 is 1.18 bits per heavy atom. The molecule has 0 aromatic heterocycles. The zero-order valence-electron chi connectivity index (χ0n) is 22.1. The average Bonchev–Trinajstić information content (AvgIpc) is 2.71. The number of hydrogen-bond acceptors (Lipinski definition) is 6. The average molecular weight is 523 g/mol. The molecule has 190 valence electrons. The summed E-state index contributed by atoms with van der Waals surface area (Å²) >= 11 is 0. The van der Waals surface area contributed by atoms with Gasteiger partial charge in [0.1, 0.15) is 4.75 Å². The van der Waals surface area contributed by atoms with Crippen molar-refractivity contribution in [3.63, 3.8) is 0 Å². The molecule has 2 atom stereocenters. The molecule has 0 aliphatic rings. The second-order valence-corrected chi connectivity index (χ2v) is 10.9. The van der Waals surface area contributed by atoms with Gasteiger partial charge in [0.15, 0.2) is 0 Å². The van der Waals surface area contributed by atoms with Gasteiger partial charge in [-0.25, -0.2) is 0 Å². The van der Waals surface area contributed by atoms with E-state index in [-0.39, 0.29) is 65.5 Å². The third-order valence-corrected chi connectivity index (χ3v) is 8.03. The van der Waals surface area contributed by atoms with E-state index in [1.165, 1.54) is 64.2 Å². The van der Waals surface area contributed by atoms with Gasteiger partial charge in [-0.15, -0.1) is 0 Å². The minimum Gasteiger partial charge on any atom is -0.550 e. The standard InChI is InChI=1S/C24H46O7S.2Na/c1-3-5-17-21(4-2)18-15-13-11-9-7-6-8-10-12-14-16-19-24(23(27)28,20-22(25)26)32(29,30)31;;/h21H,3-20H2,1-2H3,(H,25,26)(H,27,28)(H,29,30,31);;/q;2*+1/p-2. The summed E-state index contributed by atoms with van der Waals surface area (Å²) in [5, 5.41) is 22.1. The van der Waals surface area contributed by atoms with E-state index in [0.29, 0.717) is 6.42 Å². The Labute approximate surface area is 251 Å². The van der Waals surface area contributed by atoms with Crippen molar-refractivity contribution < 1.29 is 91.9 Å². The summed E-state index contributed by atoms with van der Waals surface area (Å²) < 4.78 is 29.4. The van der Waals surface area contributed by atoms with E-state index < -0.39 is 39.6 Å². The monoisotopic (exact) mass is 522 g/mol. The number of hydrogen-bond donors (Lipinski definition) is 1. The SMILES string of the molecule is CCCCC(CC)CCCCCCCCCCCCCC(CC(=O)[O-])(C(=O)[O-])S(=O)(=O)O.[Na+].[Na+]. The van der Waals surface area contributed by atoms with Gasteiger partial charge in [-0.1, -0.05) is 117 Å². The minimum atomic E-state index is -5.13. The van der Waals surface area contributed by atoms with Gasteiger partial charge in [-0.3, -0.25) is 4.55 Å². The van der Waals surface area contributed by atoms with E-state index in [0.717, 1.165) is 31.6 Å². The summed E-state index contributed by atoms with van der Waals surface area (Å²) in [6.07, 6.45) is 15.9. The Morgan fingerprint density at radius 1 is 0.765 bits per heavy atom. The molecule has 0 aliphatic heterocycles. The Morgan fingerprint density at radius 3 is 1.53 bits per heavy atom. The quantitative estimate of drug-likeness (QED) is 0.0969. The van der Waals surface area contributed by atoms with Crippen LogP contribution in [0.5, 0.6) is 0 Å². The molecule has 0 fully saturated rings. The normalized spacial score (nSPS) is 13.9. The first-order chi connectivity index (χ1) is 15.1. The zero-order valence-corrected chi connectivity index (χ0v) is 26.9. The first-order valence-electron chi connectivity index (χ1n) is 12.5. The molecule has 7 nitrogen and oxygen atoms in total. The van der Waals surface area contributed by atoms with Crippen LogP contribution in [-0.2, 0) is 19.7 Å². The van der Waals surface area contributed by atoms with Crippen molar-refractivity contribution >= 4 is 22.1 Å². The molecule has 0 saturated carbocycles. The van der Waals surface area contributed by atoms with Gasteiger partial charge in [0.25, 0.3) is 10.1 Å². The summed E-state index contributed by atoms with van der Waals surface area (Å²) in [7, 11) is -5.13. The molecule has 0 heterocycles. The summed E-state index contributed by atoms with van der Waals surface area (Å²) in [6, 6.07) is 0. The Kier molecular flexibility index (Phi) is 26.6. The summed E-state index contributed by atoms with van der Waals surface area (Å²) in [5.74, 6) is -3.06. The number of carbonyl (C=O) groups excluding carboxylic acids is 2. The fourth-order valence-corrected chi connectivity index (χ4v) is 5.21. The van der Waals surface area contributed by atoms with Crippen LogP contribution in [0.25, 0.3) is 0 Å². The molecule has 1 N–H and O–H groups in total. The predicted octanol–water partition coefficient (Wildman–Crippen LogP) is -2.20. The molecular weight excluding hydrogens is 478 g/mol. The van der Waals surface area contributed by atoms with E-state index in [2.05, 4.69) is 13.8 Å². The van der Waals surface area contributed by atoms with Crippen LogP contribution in [0.2, 0.25) is 0 Å². The van der Waals surface area contributed by atoms with Crippen molar-refractivity contribution in [2.45, 2.75) is 134 Å². The van der Waals surface area contributed by atoms with Crippen LogP contribution in [0.3, 0.4) is 0 Å². The molecule has 0 amide bonds. The maximum absolute atomic E-state index is 11.5. The third-order valence-electron chi connectivity index (χ3n) is 6.53. The molecule has 0 rings (SSSR count). The molecule has 34 heavy (non-hydrogen) atoms. The number of carboxylic acid groups (broad SMARTS) is 2. The fourth-order valence-electron chi connectivity index (χ4n) is 4.30. The molecular formula is C24H44Na2O7S. The van der Waals surface area contributed by atoms with E-state index in [9.17, 15) is 32.8 Å². The maximum Gasteiger partial charge on any atom is 1.00 e. The van der Waals surface area contributed by atoms with Crippen molar-refractivity contribution in [3.05, 3.63) is 0 Å². The smallest absolute Gasteiger partial charge is 0.550 e. The van der Waals surface area contributed by atoms with Gasteiger partial charge >= 0.3 is 59.1 Å². The fraction of sp³-hybridized carbons (Fsp3) is 0.917. The van der Waals surface area contributed by atoms with E-state index in [1.807, 2.05) is 0 Å². The van der Waals surface area contributed by atoms with Crippen LogP contribution in [0.4, 0.5) is 0 Å². The molecule has 0 aromatic rings. The van der Waals surface area contributed by atoms with Gasteiger partial charge in [-0.2, -0.15) is 8.42 Å². The molecule has 0 bridgehead atoms. The number of unbranched alkanes of at least 4 members (excludes halogenated alkanes) is 11. The molecule has 2 unspecified atom stereocenters. The minimum absolute atomic E-state index is 0. The van der Waals surface area contributed by atoms with E-state index in [4.69, 9.17) is 0 Å². The largest absolute Gasteiger partial charge is 1.00 e. The van der Waals surface area contributed by atoms with Gasteiger partial charge in [0.2, 0.25) is 0 Å². The Hall–Kier alpha value is 0.850.